The van der Waals surface area contributed by atoms with Crippen LogP contribution in [0.4, 0.5) is 28.9 Å². The Labute approximate surface area is 243 Å². The molecule has 6 rings (SSSR count). The van der Waals surface area contributed by atoms with E-state index in [9.17, 15) is 13.6 Å². The Balaban J connectivity index is 1.35. The van der Waals surface area contributed by atoms with Crippen molar-refractivity contribution in [2.45, 2.75) is 12.8 Å². The first-order valence-electron chi connectivity index (χ1n) is 14.2. The number of aromatic nitrogens is 2. The molecule has 0 amide bonds. The smallest absolute Gasteiger partial charge is 0.268 e. The number of benzene rings is 2. The number of rotatable bonds is 10. The van der Waals surface area contributed by atoms with Gasteiger partial charge < -0.3 is 20.1 Å². The number of ether oxygens (including phenoxy) is 2. The molecule has 2 N–H and O–H groups in total. The molecule has 0 bridgehead atoms. The number of halogens is 4. The molecule has 2 saturated heterocycles. The molecule has 0 unspecified atom stereocenters. The largest absolute Gasteiger partial charge is 0.382 e. The molecule has 9 nitrogen and oxygen atoms in total. The van der Waals surface area contributed by atoms with Gasteiger partial charge in [0.1, 0.15) is 5.69 Å². The van der Waals surface area contributed by atoms with Crippen LogP contribution >= 0.6 is 11.3 Å². The standard InChI is InChI=1S/C28H32F4N6O3S/c29-17-15-19-20(16-18(17)30)38-27(39)21-24(33-3-1-5-36-7-11-40-12-8-36)22(31)25(23(32)26(21)42-28(38)35-19)34-4-2-6-37-9-13-41-14-10-37/h15-16,33-34H,1-14H2. The van der Waals surface area contributed by atoms with Crippen molar-refractivity contribution in [3.8, 4) is 0 Å². The molecule has 0 saturated carbocycles. The number of hydrogen-bond donors (Lipinski definition) is 2. The minimum atomic E-state index is -1.15. The van der Waals surface area contributed by atoms with Crippen LogP contribution in [-0.2, 0) is 9.47 Å². The zero-order valence-corrected chi connectivity index (χ0v) is 23.8. The molecule has 14 heteroatoms. The fraction of sp³-hybridized carbons (Fsp3) is 0.500. The maximum absolute atomic E-state index is 16.1. The van der Waals surface area contributed by atoms with Crippen LogP contribution in [0, 0.1) is 23.3 Å². The molecule has 42 heavy (non-hydrogen) atoms. The summed E-state index contributed by atoms with van der Waals surface area (Å²) in [5, 5.41) is 5.76. The molecule has 2 aromatic heterocycles. The van der Waals surface area contributed by atoms with Gasteiger partial charge in [0.05, 0.1) is 53.2 Å². The van der Waals surface area contributed by atoms with Gasteiger partial charge in [-0.25, -0.2) is 26.9 Å². The number of anilines is 2. The van der Waals surface area contributed by atoms with E-state index in [-0.39, 0.29) is 37.5 Å². The minimum absolute atomic E-state index is 0.0245. The molecule has 2 aliphatic rings. The lowest BCUT2D eigenvalue weighted by Gasteiger charge is -2.26. The Kier molecular flexibility index (Phi) is 8.77. The average Bonchev–Trinajstić information content (AvgIpc) is 3.35. The lowest BCUT2D eigenvalue weighted by Crippen LogP contribution is -2.37. The van der Waals surface area contributed by atoms with Crippen molar-refractivity contribution in [3.63, 3.8) is 0 Å². The number of nitrogens with one attached hydrogen (secondary N) is 2. The van der Waals surface area contributed by atoms with Crippen LogP contribution in [0.2, 0.25) is 0 Å². The predicted octanol–water partition coefficient (Wildman–Crippen LogP) is 3.89. The van der Waals surface area contributed by atoms with E-state index in [1.165, 1.54) is 0 Å². The number of hydrogen-bond acceptors (Lipinski definition) is 9. The summed E-state index contributed by atoms with van der Waals surface area (Å²) in [6.07, 6.45) is 1.30. The molecule has 0 radical (unpaired) electrons. The molecule has 0 aliphatic carbocycles. The van der Waals surface area contributed by atoms with Gasteiger partial charge in [-0.3, -0.25) is 14.6 Å². The lowest BCUT2D eigenvalue weighted by atomic mass is 10.1. The van der Waals surface area contributed by atoms with E-state index in [1.807, 2.05) is 0 Å². The quantitative estimate of drug-likeness (QED) is 0.207. The fourth-order valence-corrected chi connectivity index (χ4v) is 6.57. The number of morpholine rings is 2. The van der Waals surface area contributed by atoms with Crippen LogP contribution in [0.5, 0.6) is 0 Å². The molecule has 2 aromatic carbocycles. The van der Waals surface area contributed by atoms with Gasteiger partial charge in [0, 0.05) is 51.4 Å². The van der Waals surface area contributed by atoms with Crippen LogP contribution in [-0.4, -0.2) is 98.0 Å². The van der Waals surface area contributed by atoms with Gasteiger partial charge in [0.2, 0.25) is 0 Å². The van der Waals surface area contributed by atoms with Crippen LogP contribution in [0.15, 0.2) is 16.9 Å². The highest BCUT2D eigenvalue weighted by Crippen LogP contribution is 2.38. The monoisotopic (exact) mass is 608 g/mol. The molecule has 0 atom stereocenters. The Morgan fingerprint density at radius 1 is 0.810 bits per heavy atom. The number of nitrogens with zero attached hydrogens (tertiary/aromatic N) is 4. The molecule has 0 spiro atoms. The first-order valence-corrected chi connectivity index (χ1v) is 15.0. The summed E-state index contributed by atoms with van der Waals surface area (Å²) in [7, 11) is 0. The van der Waals surface area contributed by atoms with E-state index in [0.29, 0.717) is 52.4 Å². The van der Waals surface area contributed by atoms with E-state index < -0.39 is 28.8 Å². The van der Waals surface area contributed by atoms with E-state index in [4.69, 9.17) is 9.47 Å². The third kappa shape index (κ3) is 5.78. The second kappa shape index (κ2) is 12.7. The Hall–Kier alpha value is -3.04. The Morgan fingerprint density at radius 2 is 1.38 bits per heavy atom. The maximum Gasteiger partial charge on any atom is 0.268 e. The molecule has 4 heterocycles. The summed E-state index contributed by atoms with van der Waals surface area (Å²) in [5.41, 5.74) is -1.15. The zero-order valence-electron chi connectivity index (χ0n) is 23.0. The highest BCUT2D eigenvalue weighted by Gasteiger charge is 2.26. The van der Waals surface area contributed by atoms with Crippen molar-refractivity contribution in [1.29, 1.82) is 0 Å². The summed E-state index contributed by atoms with van der Waals surface area (Å²) in [5.74, 6) is -4.06. The summed E-state index contributed by atoms with van der Waals surface area (Å²) >= 11 is 0.831. The number of fused-ring (bicyclic) bond motifs is 4. The second-order valence-electron chi connectivity index (χ2n) is 10.4. The summed E-state index contributed by atoms with van der Waals surface area (Å²) in [6.45, 7) is 8.03. The summed E-state index contributed by atoms with van der Waals surface area (Å²) in [6, 6.07) is 1.76. The van der Waals surface area contributed by atoms with Gasteiger partial charge in [0.15, 0.2) is 28.2 Å². The first-order chi connectivity index (χ1) is 20.4. The van der Waals surface area contributed by atoms with Crippen molar-refractivity contribution >= 4 is 48.8 Å². The van der Waals surface area contributed by atoms with Gasteiger partial charge >= 0.3 is 0 Å². The van der Waals surface area contributed by atoms with Gasteiger partial charge in [-0.1, -0.05) is 11.3 Å². The molecule has 2 fully saturated rings. The van der Waals surface area contributed by atoms with Gasteiger partial charge in [-0.2, -0.15) is 0 Å². The topological polar surface area (TPSA) is 83.4 Å². The fourth-order valence-electron chi connectivity index (χ4n) is 5.49. The Bertz CT molecular complexity index is 1650. The van der Waals surface area contributed by atoms with Crippen molar-refractivity contribution in [2.24, 2.45) is 0 Å². The maximum atomic E-state index is 16.1. The van der Waals surface area contributed by atoms with E-state index in [2.05, 4.69) is 25.4 Å². The van der Waals surface area contributed by atoms with E-state index in [1.54, 1.807) is 0 Å². The van der Waals surface area contributed by atoms with E-state index in [0.717, 1.165) is 67.1 Å². The third-order valence-corrected chi connectivity index (χ3v) is 8.77. The Morgan fingerprint density at radius 3 is 2.00 bits per heavy atom. The van der Waals surface area contributed by atoms with Gasteiger partial charge in [-0.15, -0.1) is 0 Å². The first kappa shape index (κ1) is 29.1. The van der Waals surface area contributed by atoms with Crippen molar-refractivity contribution < 1.29 is 27.0 Å². The summed E-state index contributed by atoms with van der Waals surface area (Å²) < 4.78 is 71.8. The highest BCUT2D eigenvalue weighted by atomic mass is 32.1. The zero-order chi connectivity index (χ0) is 29.2. The lowest BCUT2D eigenvalue weighted by molar-refractivity contribution is 0.0378. The van der Waals surface area contributed by atoms with Crippen molar-refractivity contribution in [1.82, 2.24) is 19.2 Å². The highest BCUT2D eigenvalue weighted by molar-refractivity contribution is 7.23. The number of imidazole rings is 1. The summed E-state index contributed by atoms with van der Waals surface area (Å²) in [4.78, 5) is 22.6. The van der Waals surface area contributed by atoms with Crippen molar-refractivity contribution in [3.05, 3.63) is 45.8 Å². The van der Waals surface area contributed by atoms with Crippen molar-refractivity contribution in [2.75, 3.05) is 89.4 Å². The molecule has 226 valence electrons. The SMILES string of the molecule is O=c1c2c(NCCCN3CCOCC3)c(F)c(NCCCN3CCOCC3)c(F)c2sc2nc3cc(F)c(F)cc3n12. The van der Waals surface area contributed by atoms with Crippen LogP contribution in [0.3, 0.4) is 0 Å². The van der Waals surface area contributed by atoms with Gasteiger partial charge in [0.25, 0.3) is 5.56 Å². The van der Waals surface area contributed by atoms with Crippen LogP contribution < -0.4 is 16.2 Å². The third-order valence-electron chi connectivity index (χ3n) is 7.72. The normalized spacial score (nSPS) is 17.0. The average molecular weight is 609 g/mol. The minimum Gasteiger partial charge on any atom is -0.382 e. The predicted molar refractivity (Wildman–Crippen MR) is 155 cm³/mol. The van der Waals surface area contributed by atoms with E-state index >= 15 is 8.78 Å². The molecular weight excluding hydrogens is 576 g/mol. The van der Waals surface area contributed by atoms with Gasteiger partial charge in [-0.05, 0) is 25.9 Å². The molecule has 2 aliphatic heterocycles. The van der Waals surface area contributed by atoms with Crippen LogP contribution in [0.1, 0.15) is 12.8 Å². The molecular formula is C28H32F4N6O3S. The van der Waals surface area contributed by atoms with Crippen LogP contribution in [0.25, 0.3) is 26.1 Å². The molecule has 4 aromatic rings. The second-order valence-corrected chi connectivity index (χ2v) is 11.4.